The fourth-order valence-corrected chi connectivity index (χ4v) is 4.70. The van der Waals surface area contributed by atoms with Gasteiger partial charge in [0.05, 0.1) is 32.0 Å². The van der Waals surface area contributed by atoms with E-state index in [1.54, 1.807) is 30.9 Å². The van der Waals surface area contributed by atoms with Gasteiger partial charge in [-0.2, -0.15) is 0 Å². The van der Waals surface area contributed by atoms with Gasteiger partial charge in [0.2, 0.25) is 0 Å². The van der Waals surface area contributed by atoms with Crippen molar-refractivity contribution >= 4 is 29.6 Å². The van der Waals surface area contributed by atoms with Crippen molar-refractivity contribution in [2.24, 2.45) is 11.7 Å². The number of nitrogens with zero attached hydrogens (tertiary/aromatic N) is 2. The molecule has 3 amide bonds. The van der Waals surface area contributed by atoms with Gasteiger partial charge in [0.15, 0.2) is 5.78 Å². The highest BCUT2D eigenvalue weighted by atomic mass is 16.5. The number of urea groups is 1. The number of Topliss-reactive ketones (excluding diaryl/α,β-unsaturated/α-hetero) is 1. The van der Waals surface area contributed by atoms with Crippen molar-refractivity contribution in [1.82, 2.24) is 10.2 Å². The van der Waals surface area contributed by atoms with E-state index in [-0.39, 0.29) is 25.0 Å². The van der Waals surface area contributed by atoms with Gasteiger partial charge in [0.25, 0.3) is 0 Å². The van der Waals surface area contributed by atoms with Gasteiger partial charge in [-0.3, -0.25) is 9.69 Å². The van der Waals surface area contributed by atoms with E-state index in [1.165, 1.54) is 17.1 Å². The van der Waals surface area contributed by atoms with Crippen molar-refractivity contribution in [2.45, 2.75) is 51.9 Å². The summed E-state index contributed by atoms with van der Waals surface area (Å²) >= 11 is 0. The number of carbonyl (C=O) groups excluding carboxylic acids is 4. The second kappa shape index (κ2) is 17.7. The first-order valence-electron chi connectivity index (χ1n) is 14.6. The minimum Gasteiger partial charge on any atom is -0.463 e. The highest BCUT2D eigenvalue weighted by Crippen LogP contribution is 2.24. The molecule has 0 aromatic heterocycles. The summed E-state index contributed by atoms with van der Waals surface area (Å²) in [5, 5.41) is 2.60. The number of allylic oxidation sites excluding steroid dienone is 1. The Balaban J connectivity index is 1.67. The molecule has 1 aliphatic heterocycles. The fourth-order valence-electron chi connectivity index (χ4n) is 4.70. The highest BCUT2D eigenvalue weighted by Gasteiger charge is 2.34. The maximum Gasteiger partial charge on any atom is 0.408 e. The number of alkyl carbamates (subject to hydrolysis) is 1. The molecule has 3 N–H and O–H groups in total. The summed E-state index contributed by atoms with van der Waals surface area (Å²) in [5.41, 5.74) is 7.56. The Bertz CT molecular complexity index is 1200. The molecule has 0 bridgehead atoms. The van der Waals surface area contributed by atoms with Crippen molar-refractivity contribution in [1.29, 1.82) is 0 Å². The number of ketones is 1. The van der Waals surface area contributed by atoms with Crippen molar-refractivity contribution < 1.29 is 33.4 Å². The number of ether oxygens (including phenoxy) is 3. The second-order valence-electron chi connectivity index (χ2n) is 10.1. The van der Waals surface area contributed by atoms with Crippen LogP contribution in [-0.4, -0.2) is 73.9 Å². The van der Waals surface area contributed by atoms with Crippen LogP contribution >= 0.6 is 0 Å². The Hall–Kier alpha value is -4.22. The fraction of sp³-hybridized carbons (Fsp3) is 0.438. The molecule has 0 aliphatic carbocycles. The summed E-state index contributed by atoms with van der Waals surface area (Å²) in [5.74, 6) is -1.51. The van der Waals surface area contributed by atoms with E-state index in [0.29, 0.717) is 51.3 Å². The SMILES string of the molecule is CCOC(=O)C=CC(CCCC(N)NC(=O)OCc1ccccc1)C(=O)[C@H](C)N(C(=O)N1CCOCC1)c1ccccc1. The molecule has 43 heavy (non-hydrogen) atoms. The third-order valence-corrected chi connectivity index (χ3v) is 6.98. The van der Waals surface area contributed by atoms with Crippen LogP contribution in [0.2, 0.25) is 0 Å². The van der Waals surface area contributed by atoms with E-state index in [4.69, 9.17) is 19.9 Å². The van der Waals surface area contributed by atoms with Gasteiger partial charge in [0.1, 0.15) is 6.61 Å². The predicted octanol–water partition coefficient (Wildman–Crippen LogP) is 4.02. The van der Waals surface area contributed by atoms with Crippen LogP contribution < -0.4 is 16.0 Å². The van der Waals surface area contributed by atoms with Crippen LogP contribution in [-0.2, 0) is 30.4 Å². The Morgan fingerprint density at radius 2 is 1.65 bits per heavy atom. The van der Waals surface area contributed by atoms with E-state index in [1.807, 2.05) is 48.5 Å². The molecule has 2 aromatic carbocycles. The van der Waals surface area contributed by atoms with Crippen molar-refractivity contribution in [3.05, 3.63) is 78.4 Å². The summed E-state index contributed by atoms with van der Waals surface area (Å²) in [6.45, 7) is 5.41. The third-order valence-electron chi connectivity index (χ3n) is 6.98. The lowest BCUT2D eigenvalue weighted by Gasteiger charge is -2.36. The summed E-state index contributed by atoms with van der Waals surface area (Å²) in [6, 6.07) is 17.2. The Morgan fingerprint density at radius 3 is 2.30 bits per heavy atom. The molecule has 11 heteroatoms. The van der Waals surface area contributed by atoms with Gasteiger partial charge in [-0.25, -0.2) is 14.4 Å². The zero-order valence-corrected chi connectivity index (χ0v) is 24.9. The molecule has 3 atom stereocenters. The van der Waals surface area contributed by atoms with Crippen LogP contribution in [0.25, 0.3) is 0 Å². The van der Waals surface area contributed by atoms with Crippen LogP contribution in [0.3, 0.4) is 0 Å². The molecule has 232 valence electrons. The lowest BCUT2D eigenvalue weighted by molar-refractivity contribution is -0.137. The molecular formula is C32H42N4O7. The van der Waals surface area contributed by atoms with Crippen LogP contribution in [0.1, 0.15) is 38.7 Å². The number of amides is 3. The quantitative estimate of drug-likeness (QED) is 0.190. The minimum atomic E-state index is -0.839. The van der Waals surface area contributed by atoms with E-state index >= 15 is 0 Å². The summed E-state index contributed by atoms with van der Waals surface area (Å²) in [4.78, 5) is 55.0. The maximum atomic E-state index is 13.9. The molecule has 3 rings (SSSR count). The van der Waals surface area contributed by atoms with Gasteiger partial charge in [-0.05, 0) is 50.8 Å². The van der Waals surface area contributed by atoms with E-state index in [2.05, 4.69) is 5.32 Å². The Kier molecular flexibility index (Phi) is 13.7. The number of carbonyl (C=O) groups is 4. The van der Waals surface area contributed by atoms with Crippen molar-refractivity contribution in [2.75, 3.05) is 37.8 Å². The smallest absolute Gasteiger partial charge is 0.408 e. The molecule has 1 fully saturated rings. The molecule has 0 spiro atoms. The number of nitrogens with one attached hydrogen (secondary N) is 1. The van der Waals surface area contributed by atoms with Crippen LogP contribution in [0.5, 0.6) is 0 Å². The summed E-state index contributed by atoms with van der Waals surface area (Å²) in [6.07, 6.45) is 2.58. The van der Waals surface area contributed by atoms with Crippen LogP contribution in [0.15, 0.2) is 72.8 Å². The van der Waals surface area contributed by atoms with Gasteiger partial charge < -0.3 is 30.2 Å². The van der Waals surface area contributed by atoms with Gasteiger partial charge in [0, 0.05) is 30.8 Å². The molecule has 2 unspecified atom stereocenters. The first-order chi connectivity index (χ1) is 20.8. The van der Waals surface area contributed by atoms with E-state index in [9.17, 15) is 19.2 Å². The van der Waals surface area contributed by atoms with Gasteiger partial charge in [-0.15, -0.1) is 0 Å². The molecule has 1 saturated heterocycles. The number of rotatable bonds is 14. The normalized spacial score (nSPS) is 15.3. The Labute approximate surface area is 252 Å². The Morgan fingerprint density at radius 1 is 1.00 bits per heavy atom. The molecule has 2 aromatic rings. The molecule has 11 nitrogen and oxygen atoms in total. The number of hydrogen-bond acceptors (Lipinski definition) is 8. The first-order valence-corrected chi connectivity index (χ1v) is 14.6. The number of hydrogen-bond donors (Lipinski definition) is 2. The summed E-state index contributed by atoms with van der Waals surface area (Å²) in [7, 11) is 0. The topological polar surface area (TPSA) is 140 Å². The van der Waals surface area contributed by atoms with Crippen LogP contribution in [0, 0.1) is 5.92 Å². The maximum absolute atomic E-state index is 13.9. The second-order valence-corrected chi connectivity index (χ2v) is 10.1. The number of para-hydroxylation sites is 1. The molecule has 0 radical (unpaired) electrons. The van der Waals surface area contributed by atoms with Crippen LogP contribution in [0.4, 0.5) is 15.3 Å². The lowest BCUT2D eigenvalue weighted by atomic mass is 9.91. The largest absolute Gasteiger partial charge is 0.463 e. The summed E-state index contributed by atoms with van der Waals surface area (Å²) < 4.78 is 15.6. The van der Waals surface area contributed by atoms with Gasteiger partial charge in [-0.1, -0.05) is 54.6 Å². The first kappa shape index (κ1) is 33.3. The monoisotopic (exact) mass is 594 g/mol. The predicted molar refractivity (Wildman–Crippen MR) is 162 cm³/mol. The number of anilines is 1. The zero-order chi connectivity index (χ0) is 31.0. The highest BCUT2D eigenvalue weighted by molar-refractivity contribution is 6.01. The van der Waals surface area contributed by atoms with Crippen molar-refractivity contribution in [3.8, 4) is 0 Å². The average Bonchev–Trinajstić information content (AvgIpc) is 3.03. The average molecular weight is 595 g/mol. The molecule has 1 heterocycles. The molecular weight excluding hydrogens is 552 g/mol. The lowest BCUT2D eigenvalue weighted by Crippen LogP contribution is -2.54. The number of benzene rings is 2. The standard InChI is InChI=1S/C32H42N4O7/c1-3-42-29(37)18-17-26(13-10-16-28(33)34-31(39)43-23-25-11-6-4-7-12-25)30(38)24(2)36(27-14-8-5-9-15-27)32(40)35-19-21-41-22-20-35/h4-9,11-12,14-15,17-18,24,26,28H,3,10,13,16,19-23,33H2,1-2H3,(H,34,39)/t24-,26?,28?/m0/s1. The zero-order valence-electron chi connectivity index (χ0n) is 24.9. The van der Waals surface area contributed by atoms with E-state index in [0.717, 1.165) is 5.56 Å². The molecule has 0 saturated carbocycles. The number of morpholine rings is 1. The molecule has 1 aliphatic rings. The van der Waals surface area contributed by atoms with Gasteiger partial charge >= 0.3 is 18.1 Å². The van der Waals surface area contributed by atoms with Crippen molar-refractivity contribution in [3.63, 3.8) is 0 Å². The number of nitrogens with two attached hydrogens (primary N) is 1. The minimum absolute atomic E-state index is 0.119. The van der Waals surface area contributed by atoms with E-state index < -0.39 is 30.2 Å². The number of esters is 1. The third kappa shape index (κ3) is 10.8.